The lowest BCUT2D eigenvalue weighted by Gasteiger charge is -2.16. The van der Waals surface area contributed by atoms with Crippen molar-refractivity contribution in [3.8, 4) is 0 Å². The molecule has 23 heavy (non-hydrogen) atoms. The maximum Gasteiger partial charge on any atom is 0.337 e. The van der Waals surface area contributed by atoms with E-state index in [-0.39, 0.29) is 34.5 Å². The molecule has 0 amide bonds. The molecule has 1 aromatic rings. The third-order valence-corrected chi connectivity index (χ3v) is 5.85. The first-order chi connectivity index (χ1) is 10.7. The highest BCUT2D eigenvalue weighted by Crippen LogP contribution is 2.30. The van der Waals surface area contributed by atoms with Crippen LogP contribution in [0.15, 0.2) is 23.1 Å². The van der Waals surface area contributed by atoms with E-state index < -0.39 is 27.9 Å². The van der Waals surface area contributed by atoms with Crippen molar-refractivity contribution in [3.63, 3.8) is 0 Å². The first-order valence-electron chi connectivity index (χ1n) is 6.78. The van der Waals surface area contributed by atoms with E-state index in [4.69, 9.17) is 16.7 Å². The first kappa shape index (κ1) is 17.7. The second kappa shape index (κ2) is 6.46. The molecule has 2 rings (SSSR count). The van der Waals surface area contributed by atoms with Gasteiger partial charge in [0.25, 0.3) is 0 Å². The van der Waals surface area contributed by atoms with Crippen LogP contribution in [0, 0.1) is 11.8 Å². The SMILES string of the molecule is COC(=O)c1cc(Cl)cc(S(=O)(=O)N2C[C@@H](C)[C@H](C(=O)O)C2)c1. The molecule has 1 N–H and O–H groups in total. The quantitative estimate of drug-likeness (QED) is 0.815. The van der Waals surface area contributed by atoms with Crippen LogP contribution in [0.2, 0.25) is 5.02 Å². The van der Waals surface area contributed by atoms with Crippen LogP contribution in [0.4, 0.5) is 0 Å². The van der Waals surface area contributed by atoms with Gasteiger partial charge in [0.15, 0.2) is 0 Å². The van der Waals surface area contributed by atoms with Crippen molar-refractivity contribution in [2.75, 3.05) is 20.2 Å². The molecule has 0 saturated carbocycles. The molecule has 126 valence electrons. The fraction of sp³-hybridized carbons (Fsp3) is 0.429. The van der Waals surface area contributed by atoms with E-state index in [0.29, 0.717) is 0 Å². The molecule has 0 unspecified atom stereocenters. The number of carboxylic acid groups (broad SMARTS) is 1. The van der Waals surface area contributed by atoms with E-state index in [1.807, 2.05) is 0 Å². The minimum absolute atomic E-state index is 0.0144. The summed E-state index contributed by atoms with van der Waals surface area (Å²) >= 11 is 5.89. The zero-order chi connectivity index (χ0) is 17.4. The summed E-state index contributed by atoms with van der Waals surface area (Å²) < 4.78 is 31.0. The third kappa shape index (κ3) is 3.49. The van der Waals surface area contributed by atoms with Gasteiger partial charge >= 0.3 is 11.9 Å². The molecule has 1 fully saturated rings. The Morgan fingerprint density at radius 1 is 1.30 bits per heavy atom. The summed E-state index contributed by atoms with van der Waals surface area (Å²) in [7, 11) is -2.77. The zero-order valence-electron chi connectivity index (χ0n) is 12.5. The summed E-state index contributed by atoms with van der Waals surface area (Å²) in [6, 6.07) is 3.70. The molecule has 7 nitrogen and oxygen atoms in total. The van der Waals surface area contributed by atoms with E-state index in [1.54, 1.807) is 6.92 Å². The first-order valence-corrected chi connectivity index (χ1v) is 8.60. The minimum Gasteiger partial charge on any atom is -0.481 e. The van der Waals surface area contributed by atoms with Crippen LogP contribution in [0.25, 0.3) is 0 Å². The van der Waals surface area contributed by atoms with Gasteiger partial charge in [0.05, 0.1) is 23.5 Å². The highest BCUT2D eigenvalue weighted by atomic mass is 35.5. The number of hydrogen-bond acceptors (Lipinski definition) is 5. The Kier molecular flexibility index (Phi) is 4.98. The van der Waals surface area contributed by atoms with Crippen LogP contribution >= 0.6 is 11.6 Å². The maximum atomic E-state index is 12.7. The Morgan fingerprint density at radius 3 is 2.48 bits per heavy atom. The number of halogens is 1. The molecule has 0 aromatic heterocycles. The summed E-state index contributed by atoms with van der Waals surface area (Å²) in [6.45, 7) is 1.67. The number of aliphatic carboxylic acids is 1. The average Bonchev–Trinajstić information content (AvgIpc) is 2.88. The van der Waals surface area contributed by atoms with E-state index in [9.17, 15) is 18.0 Å². The van der Waals surface area contributed by atoms with Crippen LogP contribution in [0.3, 0.4) is 0 Å². The molecule has 1 heterocycles. The largest absolute Gasteiger partial charge is 0.481 e. The van der Waals surface area contributed by atoms with Gasteiger partial charge in [-0.15, -0.1) is 0 Å². The van der Waals surface area contributed by atoms with Crippen LogP contribution in [-0.4, -0.2) is 50.0 Å². The number of ether oxygens (including phenoxy) is 1. The van der Waals surface area contributed by atoms with Gasteiger partial charge < -0.3 is 9.84 Å². The van der Waals surface area contributed by atoms with Gasteiger partial charge in [-0.3, -0.25) is 4.79 Å². The standard InChI is InChI=1S/C14H16ClNO6S/c1-8-6-16(7-12(8)13(17)18)23(20,21)11-4-9(14(19)22-2)3-10(15)5-11/h3-5,8,12H,6-7H2,1-2H3,(H,17,18)/t8-,12-/m1/s1. The summed E-state index contributed by atoms with van der Waals surface area (Å²) in [5.41, 5.74) is 0.0144. The lowest BCUT2D eigenvalue weighted by molar-refractivity contribution is -0.142. The average molecular weight is 362 g/mol. The number of methoxy groups -OCH3 is 1. The zero-order valence-corrected chi connectivity index (χ0v) is 14.1. The van der Waals surface area contributed by atoms with Crippen molar-refractivity contribution in [2.45, 2.75) is 11.8 Å². The molecule has 1 saturated heterocycles. The molecular weight excluding hydrogens is 346 g/mol. The van der Waals surface area contributed by atoms with Crippen LogP contribution in [0.5, 0.6) is 0 Å². The summed E-state index contributed by atoms with van der Waals surface area (Å²) in [5.74, 6) is -2.80. The summed E-state index contributed by atoms with van der Waals surface area (Å²) in [4.78, 5) is 22.6. The lowest BCUT2D eigenvalue weighted by atomic mass is 9.99. The second-order valence-electron chi connectivity index (χ2n) is 5.41. The van der Waals surface area contributed by atoms with E-state index in [1.165, 1.54) is 25.3 Å². The number of carboxylic acids is 1. The van der Waals surface area contributed by atoms with Gasteiger partial charge in [-0.2, -0.15) is 4.31 Å². The predicted molar refractivity (Wildman–Crippen MR) is 81.8 cm³/mol. The van der Waals surface area contributed by atoms with E-state index >= 15 is 0 Å². The molecule has 1 aliphatic heterocycles. The molecule has 0 bridgehead atoms. The Bertz CT molecular complexity index is 748. The number of hydrogen-bond donors (Lipinski definition) is 1. The Labute approximate surface area is 138 Å². The highest BCUT2D eigenvalue weighted by Gasteiger charge is 2.40. The fourth-order valence-electron chi connectivity index (χ4n) is 2.54. The van der Waals surface area contributed by atoms with Gasteiger partial charge in [0, 0.05) is 18.1 Å². The Hall–Kier alpha value is -1.64. The van der Waals surface area contributed by atoms with E-state index in [2.05, 4.69) is 4.74 Å². The lowest BCUT2D eigenvalue weighted by Crippen LogP contribution is -2.30. The molecular formula is C14H16ClNO6S. The number of carbonyl (C=O) groups excluding carboxylic acids is 1. The Morgan fingerprint density at radius 2 is 1.96 bits per heavy atom. The molecule has 9 heteroatoms. The monoisotopic (exact) mass is 361 g/mol. The minimum atomic E-state index is -3.95. The van der Waals surface area contributed by atoms with Crippen LogP contribution in [0.1, 0.15) is 17.3 Å². The highest BCUT2D eigenvalue weighted by molar-refractivity contribution is 7.89. The van der Waals surface area contributed by atoms with Gasteiger partial charge in [0.1, 0.15) is 0 Å². The molecule has 2 atom stereocenters. The molecule has 0 spiro atoms. The number of sulfonamides is 1. The van der Waals surface area contributed by atoms with Gasteiger partial charge in [0.2, 0.25) is 10.0 Å². The number of nitrogens with zero attached hydrogens (tertiary/aromatic N) is 1. The third-order valence-electron chi connectivity index (χ3n) is 3.83. The van der Waals surface area contributed by atoms with Gasteiger partial charge in [-0.25, -0.2) is 13.2 Å². The molecule has 1 aromatic carbocycles. The van der Waals surface area contributed by atoms with Crippen molar-refractivity contribution in [1.82, 2.24) is 4.31 Å². The second-order valence-corrected chi connectivity index (χ2v) is 7.79. The van der Waals surface area contributed by atoms with Crippen molar-refractivity contribution in [1.29, 1.82) is 0 Å². The van der Waals surface area contributed by atoms with Gasteiger partial charge in [-0.05, 0) is 24.1 Å². The fourth-order valence-corrected chi connectivity index (χ4v) is 4.47. The summed E-state index contributed by atoms with van der Waals surface area (Å²) in [6.07, 6.45) is 0. The van der Waals surface area contributed by atoms with Gasteiger partial charge in [-0.1, -0.05) is 18.5 Å². The van der Waals surface area contributed by atoms with Crippen LogP contribution < -0.4 is 0 Å². The Balaban J connectivity index is 2.39. The number of benzene rings is 1. The van der Waals surface area contributed by atoms with Crippen molar-refractivity contribution >= 4 is 33.6 Å². The normalized spacial score (nSPS) is 22.0. The van der Waals surface area contributed by atoms with E-state index in [0.717, 1.165) is 4.31 Å². The smallest absolute Gasteiger partial charge is 0.337 e. The number of carbonyl (C=O) groups is 2. The summed E-state index contributed by atoms with van der Waals surface area (Å²) in [5, 5.41) is 9.20. The predicted octanol–water partition coefficient (Wildman–Crippen LogP) is 1.47. The van der Waals surface area contributed by atoms with Crippen LogP contribution in [-0.2, 0) is 19.6 Å². The van der Waals surface area contributed by atoms with Crippen molar-refractivity contribution in [2.24, 2.45) is 11.8 Å². The number of esters is 1. The van der Waals surface area contributed by atoms with Crippen molar-refractivity contribution in [3.05, 3.63) is 28.8 Å². The topological polar surface area (TPSA) is 101 Å². The maximum absolute atomic E-state index is 12.7. The van der Waals surface area contributed by atoms with Crippen molar-refractivity contribution < 1.29 is 27.9 Å². The number of rotatable bonds is 4. The molecule has 0 aliphatic carbocycles. The molecule has 1 aliphatic rings. The molecule has 0 radical (unpaired) electrons.